The molecule has 0 radical (unpaired) electrons. The van der Waals surface area contributed by atoms with E-state index in [0.29, 0.717) is 0 Å². The zero-order valence-electron chi connectivity index (χ0n) is 14.8. The average molecular weight is 350 g/mol. The lowest BCUT2D eigenvalue weighted by Crippen LogP contribution is -2.47. The fraction of sp³-hybridized carbons (Fsp3) is 0.333. The van der Waals surface area contributed by atoms with Gasteiger partial charge in [0.2, 0.25) is 5.95 Å². The Hall–Kier alpha value is -2.53. The SMILES string of the molecule is Fc1cccc(N2CCN(CCCc3ccc4ccccc4n3)CC2)n1. The summed E-state index contributed by atoms with van der Waals surface area (Å²) in [5, 5.41) is 1.19. The summed E-state index contributed by atoms with van der Waals surface area (Å²) in [5.41, 5.74) is 2.23. The molecule has 0 aliphatic carbocycles. The minimum atomic E-state index is -0.409. The van der Waals surface area contributed by atoms with Crippen molar-refractivity contribution < 1.29 is 4.39 Å². The Labute approximate surface area is 153 Å². The number of aromatic nitrogens is 2. The van der Waals surface area contributed by atoms with Gasteiger partial charge < -0.3 is 4.90 Å². The maximum absolute atomic E-state index is 13.3. The number of hydrogen-bond acceptors (Lipinski definition) is 4. The van der Waals surface area contributed by atoms with E-state index in [2.05, 4.69) is 39.0 Å². The number of pyridine rings is 2. The molecule has 134 valence electrons. The predicted molar refractivity (Wildman–Crippen MR) is 103 cm³/mol. The number of halogens is 1. The third-order valence-electron chi connectivity index (χ3n) is 4.96. The summed E-state index contributed by atoms with van der Waals surface area (Å²) < 4.78 is 13.3. The van der Waals surface area contributed by atoms with Crippen molar-refractivity contribution in [3.63, 3.8) is 0 Å². The molecule has 2 aromatic heterocycles. The summed E-state index contributed by atoms with van der Waals surface area (Å²) in [4.78, 5) is 13.4. The van der Waals surface area contributed by atoms with Crippen LogP contribution in [-0.2, 0) is 6.42 Å². The second kappa shape index (κ2) is 7.79. The number of rotatable bonds is 5. The molecule has 0 amide bonds. The Morgan fingerprint density at radius 2 is 1.69 bits per heavy atom. The van der Waals surface area contributed by atoms with Crippen LogP contribution >= 0.6 is 0 Å². The normalized spacial score (nSPS) is 15.5. The topological polar surface area (TPSA) is 32.3 Å². The summed E-state index contributed by atoms with van der Waals surface area (Å²) in [6.07, 6.45) is 2.10. The van der Waals surface area contributed by atoms with Crippen molar-refractivity contribution >= 4 is 16.7 Å². The highest BCUT2D eigenvalue weighted by atomic mass is 19.1. The molecular weight excluding hydrogens is 327 g/mol. The lowest BCUT2D eigenvalue weighted by atomic mass is 10.1. The van der Waals surface area contributed by atoms with Gasteiger partial charge in [-0.05, 0) is 43.7 Å². The molecule has 0 N–H and O–H groups in total. The van der Waals surface area contributed by atoms with Gasteiger partial charge in [0.15, 0.2) is 0 Å². The van der Waals surface area contributed by atoms with Crippen molar-refractivity contribution in [1.82, 2.24) is 14.9 Å². The van der Waals surface area contributed by atoms with Crippen LogP contribution in [0.3, 0.4) is 0 Å². The summed E-state index contributed by atoms with van der Waals surface area (Å²) in [6.45, 7) is 4.83. The minimum Gasteiger partial charge on any atom is -0.354 e. The van der Waals surface area contributed by atoms with Gasteiger partial charge in [-0.3, -0.25) is 9.88 Å². The summed E-state index contributed by atoms with van der Waals surface area (Å²) in [6, 6.07) is 17.5. The van der Waals surface area contributed by atoms with Crippen LogP contribution in [0.5, 0.6) is 0 Å². The lowest BCUT2D eigenvalue weighted by Gasteiger charge is -2.35. The number of benzene rings is 1. The smallest absolute Gasteiger partial charge is 0.214 e. The Bertz CT molecular complexity index is 875. The van der Waals surface area contributed by atoms with Gasteiger partial charge in [0.25, 0.3) is 0 Å². The first-order valence-corrected chi connectivity index (χ1v) is 9.22. The zero-order chi connectivity index (χ0) is 17.8. The molecule has 26 heavy (non-hydrogen) atoms. The van der Waals surface area contributed by atoms with Crippen LogP contribution in [0.4, 0.5) is 10.2 Å². The van der Waals surface area contributed by atoms with Gasteiger partial charge in [-0.15, -0.1) is 0 Å². The van der Waals surface area contributed by atoms with E-state index in [1.807, 2.05) is 18.2 Å². The summed E-state index contributed by atoms with van der Waals surface area (Å²) in [7, 11) is 0. The fourth-order valence-electron chi connectivity index (χ4n) is 3.51. The van der Waals surface area contributed by atoms with Gasteiger partial charge in [-0.25, -0.2) is 4.98 Å². The van der Waals surface area contributed by atoms with Crippen LogP contribution in [-0.4, -0.2) is 47.6 Å². The van der Waals surface area contributed by atoms with Gasteiger partial charge >= 0.3 is 0 Å². The third-order valence-corrected chi connectivity index (χ3v) is 4.96. The van der Waals surface area contributed by atoms with Crippen molar-refractivity contribution in [1.29, 1.82) is 0 Å². The number of para-hydroxylation sites is 1. The van der Waals surface area contributed by atoms with Crippen molar-refractivity contribution in [3.8, 4) is 0 Å². The largest absolute Gasteiger partial charge is 0.354 e. The van der Waals surface area contributed by atoms with E-state index in [0.717, 1.165) is 62.6 Å². The van der Waals surface area contributed by atoms with E-state index in [-0.39, 0.29) is 0 Å². The second-order valence-electron chi connectivity index (χ2n) is 6.75. The van der Waals surface area contributed by atoms with E-state index in [9.17, 15) is 4.39 Å². The molecule has 1 aliphatic heterocycles. The number of nitrogens with zero attached hydrogens (tertiary/aromatic N) is 4. The van der Waals surface area contributed by atoms with E-state index >= 15 is 0 Å². The summed E-state index contributed by atoms with van der Waals surface area (Å²) in [5.74, 6) is 0.331. The number of hydrogen-bond donors (Lipinski definition) is 0. The van der Waals surface area contributed by atoms with Gasteiger partial charge in [0.05, 0.1) is 5.52 Å². The molecule has 0 atom stereocenters. The molecule has 1 fully saturated rings. The standard InChI is InChI=1S/C21H23FN4/c22-20-8-3-9-21(24-20)26-15-13-25(14-16-26)12-4-6-18-11-10-17-5-1-2-7-19(17)23-18/h1-3,5,7-11H,4,6,12-16H2. The molecule has 3 heterocycles. The minimum absolute atomic E-state index is 0.409. The summed E-state index contributed by atoms with van der Waals surface area (Å²) >= 11 is 0. The van der Waals surface area contributed by atoms with E-state index in [4.69, 9.17) is 4.98 Å². The van der Waals surface area contributed by atoms with Crippen LogP contribution in [0, 0.1) is 5.95 Å². The molecule has 1 saturated heterocycles. The maximum atomic E-state index is 13.3. The molecule has 4 rings (SSSR count). The van der Waals surface area contributed by atoms with Crippen LogP contribution < -0.4 is 4.90 Å². The Balaban J connectivity index is 1.25. The van der Waals surface area contributed by atoms with Crippen molar-refractivity contribution in [3.05, 3.63) is 66.2 Å². The molecule has 4 nitrogen and oxygen atoms in total. The predicted octanol–water partition coefficient (Wildman–Crippen LogP) is 3.52. The number of piperazine rings is 1. The van der Waals surface area contributed by atoms with E-state index in [1.54, 1.807) is 6.07 Å². The van der Waals surface area contributed by atoms with Gasteiger partial charge in [-0.2, -0.15) is 4.39 Å². The highest BCUT2D eigenvalue weighted by molar-refractivity contribution is 5.78. The molecular formula is C21H23FN4. The fourth-order valence-corrected chi connectivity index (χ4v) is 3.51. The van der Waals surface area contributed by atoms with Gasteiger partial charge in [-0.1, -0.05) is 30.3 Å². The quantitative estimate of drug-likeness (QED) is 0.659. The van der Waals surface area contributed by atoms with Gasteiger partial charge in [0, 0.05) is 37.3 Å². The molecule has 0 spiro atoms. The third kappa shape index (κ3) is 3.99. The first-order valence-electron chi connectivity index (χ1n) is 9.22. The van der Waals surface area contributed by atoms with E-state index < -0.39 is 5.95 Å². The highest BCUT2D eigenvalue weighted by Gasteiger charge is 2.17. The number of aryl methyl sites for hydroxylation is 1. The monoisotopic (exact) mass is 350 g/mol. The van der Waals surface area contributed by atoms with Crippen LogP contribution in [0.25, 0.3) is 10.9 Å². The molecule has 5 heteroatoms. The van der Waals surface area contributed by atoms with Crippen LogP contribution in [0.15, 0.2) is 54.6 Å². The Morgan fingerprint density at radius 1 is 0.846 bits per heavy atom. The van der Waals surface area contributed by atoms with Crippen molar-refractivity contribution in [2.45, 2.75) is 12.8 Å². The molecule has 3 aromatic rings. The number of anilines is 1. The molecule has 1 aliphatic rings. The zero-order valence-corrected chi connectivity index (χ0v) is 14.8. The first kappa shape index (κ1) is 16.9. The first-order chi connectivity index (χ1) is 12.8. The molecule has 0 bridgehead atoms. The second-order valence-corrected chi connectivity index (χ2v) is 6.75. The van der Waals surface area contributed by atoms with E-state index in [1.165, 1.54) is 11.5 Å². The molecule has 0 saturated carbocycles. The van der Waals surface area contributed by atoms with Crippen LogP contribution in [0.2, 0.25) is 0 Å². The molecule has 0 unspecified atom stereocenters. The Kier molecular flexibility index (Phi) is 5.07. The number of fused-ring (bicyclic) bond motifs is 1. The maximum Gasteiger partial charge on any atom is 0.214 e. The highest BCUT2D eigenvalue weighted by Crippen LogP contribution is 2.15. The van der Waals surface area contributed by atoms with Gasteiger partial charge in [0.1, 0.15) is 5.82 Å². The van der Waals surface area contributed by atoms with Crippen molar-refractivity contribution in [2.24, 2.45) is 0 Å². The lowest BCUT2D eigenvalue weighted by molar-refractivity contribution is 0.254. The van der Waals surface area contributed by atoms with Crippen molar-refractivity contribution in [2.75, 3.05) is 37.6 Å². The van der Waals surface area contributed by atoms with Crippen LogP contribution in [0.1, 0.15) is 12.1 Å². The average Bonchev–Trinajstić information content (AvgIpc) is 2.68. The Morgan fingerprint density at radius 3 is 2.54 bits per heavy atom. The molecule has 1 aromatic carbocycles.